The maximum atomic E-state index is 10.2. The first-order chi connectivity index (χ1) is 19.8. The van der Waals surface area contributed by atoms with E-state index in [-0.39, 0.29) is 31.5 Å². The van der Waals surface area contributed by atoms with E-state index in [2.05, 4.69) is 81.3 Å². The number of nitrogens with one attached hydrogen (secondary N) is 3. The van der Waals surface area contributed by atoms with Crippen molar-refractivity contribution in [3.05, 3.63) is 85.5 Å². The number of hydrogen-bond donors (Lipinski definition) is 7. The average molecular weight is 787 g/mol. The van der Waals surface area contributed by atoms with Crippen molar-refractivity contribution in [3.63, 3.8) is 0 Å². The number of para-hydroxylation sites is 2. The van der Waals surface area contributed by atoms with Gasteiger partial charge in [-0.1, -0.05) is 36.4 Å². The van der Waals surface area contributed by atoms with Crippen molar-refractivity contribution >= 4 is 80.6 Å². The molecule has 0 amide bonds. The first-order valence-electron chi connectivity index (χ1n) is 12.5. The molecule has 0 fully saturated rings. The molecule has 0 radical (unpaired) electrons. The normalized spacial score (nSPS) is 9.76. The van der Waals surface area contributed by atoms with Crippen molar-refractivity contribution in [2.75, 3.05) is 35.9 Å². The molecule has 0 saturated heterocycles. The molecule has 3 aromatic carbocycles. The summed E-state index contributed by atoms with van der Waals surface area (Å²) in [5.74, 6) is 1.13. The Morgan fingerprint density at radius 2 is 1.12 bits per heavy atom. The second-order valence-electron chi connectivity index (χ2n) is 7.43. The van der Waals surface area contributed by atoms with Gasteiger partial charge in [0.1, 0.15) is 5.75 Å². The fraction of sp³-hybridized carbons (Fsp3) is 0.214. The van der Waals surface area contributed by atoms with Gasteiger partial charge < -0.3 is 31.1 Å². The lowest BCUT2D eigenvalue weighted by atomic mass is 10.2. The second kappa shape index (κ2) is 21.6. The lowest BCUT2D eigenvalue weighted by molar-refractivity contribution is 0.318. The Bertz CT molecular complexity index is 1240. The number of phenolic OH excluding ortho intramolecular Hbond substituents is 1. The van der Waals surface area contributed by atoms with Crippen LogP contribution in [-0.4, -0.2) is 61.4 Å². The topological polar surface area (TPSA) is 168 Å². The number of rotatable bonds is 7. The molecule has 0 bridgehead atoms. The van der Waals surface area contributed by atoms with Gasteiger partial charge in [-0.2, -0.15) is 20.1 Å². The molecule has 4 rings (SSSR count). The molecule has 0 aliphatic rings. The third-order valence-corrected chi connectivity index (χ3v) is 5.57. The van der Waals surface area contributed by atoms with E-state index in [1.807, 2.05) is 72.8 Å². The Labute approximate surface area is 267 Å². The Balaban J connectivity index is 0.000000830. The predicted molar refractivity (Wildman–Crippen MR) is 182 cm³/mol. The third kappa shape index (κ3) is 14.9. The van der Waals surface area contributed by atoms with Crippen LogP contribution in [0.5, 0.6) is 5.75 Å². The third-order valence-electron chi connectivity index (χ3n) is 4.12. The van der Waals surface area contributed by atoms with E-state index in [1.165, 1.54) is 6.21 Å². The van der Waals surface area contributed by atoms with Gasteiger partial charge in [0.15, 0.2) is 0 Å². The number of aliphatic hydroxyl groups excluding tert-OH is 3. The molecule has 41 heavy (non-hydrogen) atoms. The van der Waals surface area contributed by atoms with Crippen molar-refractivity contribution in [1.82, 2.24) is 15.0 Å². The van der Waals surface area contributed by atoms with E-state index in [9.17, 15) is 5.11 Å². The number of hydrazone groups is 1. The predicted octanol–water partition coefficient (Wildman–Crippen LogP) is 5.72. The molecule has 0 unspecified atom stereocenters. The van der Waals surface area contributed by atoms with E-state index in [0.29, 0.717) is 17.5 Å². The monoisotopic (exact) mass is 787 g/mol. The number of anilines is 5. The lowest BCUT2D eigenvalue weighted by Crippen LogP contribution is -2.07. The first-order valence-corrected chi connectivity index (χ1v) is 14.7. The van der Waals surface area contributed by atoms with Crippen LogP contribution in [0.2, 0.25) is 0 Å². The van der Waals surface area contributed by atoms with Crippen molar-refractivity contribution in [2.45, 2.75) is 20.8 Å². The van der Waals surface area contributed by atoms with E-state index in [0.717, 1.165) is 18.5 Å². The van der Waals surface area contributed by atoms with Gasteiger partial charge in [-0.15, -0.1) is 0 Å². The molecule has 0 aliphatic heterocycles. The van der Waals surface area contributed by atoms with Crippen LogP contribution >= 0.6 is 45.2 Å². The van der Waals surface area contributed by atoms with Crippen LogP contribution in [0.25, 0.3) is 0 Å². The first kappa shape index (κ1) is 35.9. The summed E-state index contributed by atoms with van der Waals surface area (Å²) in [6.45, 7) is 5.79. The molecule has 0 saturated carbocycles. The summed E-state index contributed by atoms with van der Waals surface area (Å²) in [7, 11) is 0. The summed E-state index contributed by atoms with van der Waals surface area (Å²) in [6, 6.07) is 22.9. The van der Waals surface area contributed by atoms with Gasteiger partial charge in [0.25, 0.3) is 0 Å². The molecular weight excluding hydrogens is 752 g/mol. The fourth-order valence-electron chi connectivity index (χ4n) is 2.68. The minimum Gasteiger partial charge on any atom is -0.506 e. The zero-order chi connectivity index (χ0) is 30.5. The Hall–Kier alpha value is -3.12. The summed E-state index contributed by atoms with van der Waals surface area (Å²) >= 11 is 4.28. The number of aromatic hydroxyl groups is 1. The summed E-state index contributed by atoms with van der Waals surface area (Å²) in [5.41, 5.74) is 5.10. The molecule has 1 heterocycles. The summed E-state index contributed by atoms with van der Waals surface area (Å²) < 4.78 is 1.75. The van der Waals surface area contributed by atoms with Gasteiger partial charge in [-0.3, -0.25) is 0 Å². The molecule has 220 valence electrons. The number of aromatic nitrogens is 3. The van der Waals surface area contributed by atoms with Crippen molar-refractivity contribution < 1.29 is 20.4 Å². The SMILES string of the molecule is CCO.CCO.CCO.Oc1c(I)cc(I)cc1/C=N/Nc1nc(Nc2ccccc2)nc(Nc2ccccc2)n1. The molecule has 7 N–H and O–H groups in total. The molecule has 11 nitrogen and oxygen atoms in total. The van der Waals surface area contributed by atoms with E-state index in [1.54, 1.807) is 20.8 Å². The van der Waals surface area contributed by atoms with Gasteiger partial charge in [-0.05, 0) is 102 Å². The van der Waals surface area contributed by atoms with Crippen LogP contribution in [-0.2, 0) is 0 Å². The number of aliphatic hydroxyl groups is 3. The minimum atomic E-state index is 0.171. The lowest BCUT2D eigenvalue weighted by Gasteiger charge is -2.10. The van der Waals surface area contributed by atoms with Crippen LogP contribution in [0, 0.1) is 7.14 Å². The summed E-state index contributed by atoms with van der Waals surface area (Å²) in [5, 5.41) is 43.5. The molecule has 1 aromatic heterocycles. The number of phenols is 1. The van der Waals surface area contributed by atoms with Gasteiger partial charge >= 0.3 is 0 Å². The average Bonchev–Trinajstić information content (AvgIpc) is 2.94. The molecule has 0 atom stereocenters. The minimum absolute atomic E-state index is 0.171. The van der Waals surface area contributed by atoms with Crippen LogP contribution in [0.4, 0.5) is 29.2 Å². The Morgan fingerprint density at radius 1 is 0.707 bits per heavy atom. The highest BCUT2D eigenvalue weighted by atomic mass is 127. The standard InChI is InChI=1S/C22H17I2N7O.3C2H6O/c23-15-11-14(19(32)18(24)12-15)13-25-31-22-29-20(26-16-7-3-1-4-8-16)28-21(30-22)27-17-9-5-2-6-10-17;3*1-2-3/h1-13,32H,(H3,26,27,28,29,30,31);3*3H,2H2,1H3/b25-13+;;;. The van der Waals surface area contributed by atoms with Gasteiger partial charge in [0, 0.05) is 40.3 Å². The fourth-order valence-corrected chi connectivity index (χ4v) is 4.57. The van der Waals surface area contributed by atoms with Crippen molar-refractivity contribution in [1.29, 1.82) is 0 Å². The quantitative estimate of drug-likeness (QED) is 0.0700. The van der Waals surface area contributed by atoms with Crippen molar-refractivity contribution in [3.8, 4) is 5.75 Å². The summed E-state index contributed by atoms with van der Waals surface area (Å²) in [6.07, 6.45) is 1.53. The largest absolute Gasteiger partial charge is 0.506 e. The number of halogens is 2. The van der Waals surface area contributed by atoms with Gasteiger partial charge in [0.05, 0.1) is 9.78 Å². The van der Waals surface area contributed by atoms with Crippen molar-refractivity contribution in [2.24, 2.45) is 5.10 Å². The zero-order valence-corrected chi connectivity index (χ0v) is 27.3. The summed E-state index contributed by atoms with van der Waals surface area (Å²) in [4.78, 5) is 13.2. The molecule has 0 spiro atoms. The van der Waals surface area contributed by atoms with Gasteiger partial charge in [0.2, 0.25) is 17.8 Å². The maximum Gasteiger partial charge on any atom is 0.250 e. The van der Waals surface area contributed by atoms with Gasteiger partial charge in [-0.25, -0.2) is 5.43 Å². The maximum absolute atomic E-state index is 10.2. The highest BCUT2D eigenvalue weighted by Gasteiger charge is 2.08. The van der Waals surface area contributed by atoms with E-state index < -0.39 is 0 Å². The number of nitrogens with zero attached hydrogens (tertiary/aromatic N) is 4. The smallest absolute Gasteiger partial charge is 0.250 e. The molecular formula is C28H35I2N7O4. The highest BCUT2D eigenvalue weighted by molar-refractivity contribution is 14.1. The van der Waals surface area contributed by atoms with Crippen LogP contribution < -0.4 is 16.1 Å². The number of hydrogen-bond acceptors (Lipinski definition) is 11. The van der Waals surface area contributed by atoms with E-state index in [4.69, 9.17) is 15.3 Å². The molecule has 13 heteroatoms. The molecule has 4 aromatic rings. The molecule has 0 aliphatic carbocycles. The number of benzene rings is 3. The highest BCUT2D eigenvalue weighted by Crippen LogP contribution is 2.26. The van der Waals surface area contributed by atoms with Crippen LogP contribution in [0.1, 0.15) is 26.3 Å². The van der Waals surface area contributed by atoms with Crippen LogP contribution in [0.3, 0.4) is 0 Å². The second-order valence-corrected chi connectivity index (χ2v) is 9.84. The zero-order valence-electron chi connectivity index (χ0n) is 23.0. The van der Waals surface area contributed by atoms with Crippen LogP contribution in [0.15, 0.2) is 77.9 Å². The Kier molecular flexibility index (Phi) is 18.9. The van der Waals surface area contributed by atoms with E-state index >= 15 is 0 Å². The Morgan fingerprint density at radius 3 is 1.56 bits per heavy atom.